The molecular formula is C16H22BrN3O3. The fraction of sp³-hybridized carbons (Fsp3) is 0.500. The first-order valence-corrected chi connectivity index (χ1v) is 8.45. The minimum atomic E-state index is -0.298. The van der Waals surface area contributed by atoms with E-state index in [9.17, 15) is 9.59 Å². The Morgan fingerprint density at radius 3 is 2.87 bits per heavy atom. The van der Waals surface area contributed by atoms with Gasteiger partial charge in [-0.3, -0.25) is 9.59 Å². The summed E-state index contributed by atoms with van der Waals surface area (Å²) in [5.74, 6) is -0.384. The second-order valence-corrected chi connectivity index (χ2v) is 6.24. The van der Waals surface area contributed by atoms with E-state index < -0.39 is 0 Å². The highest BCUT2D eigenvalue weighted by molar-refractivity contribution is 9.10. The molecule has 0 bridgehead atoms. The van der Waals surface area contributed by atoms with E-state index in [0.717, 1.165) is 16.7 Å². The lowest BCUT2D eigenvalue weighted by Gasteiger charge is -2.18. The summed E-state index contributed by atoms with van der Waals surface area (Å²) in [7, 11) is 1.65. The van der Waals surface area contributed by atoms with Gasteiger partial charge in [-0.15, -0.1) is 0 Å². The third-order valence-corrected chi connectivity index (χ3v) is 4.39. The number of benzene rings is 1. The summed E-state index contributed by atoms with van der Waals surface area (Å²) >= 11 is 3.45. The second-order valence-electron chi connectivity index (χ2n) is 5.39. The van der Waals surface area contributed by atoms with E-state index in [0.29, 0.717) is 26.2 Å². The zero-order chi connectivity index (χ0) is 16.7. The molecule has 23 heavy (non-hydrogen) atoms. The number of anilines is 1. The fourth-order valence-electron chi connectivity index (χ4n) is 2.50. The number of ether oxygens (including phenoxy) is 1. The highest BCUT2D eigenvalue weighted by Gasteiger charge is 2.35. The SMILES string of the molecule is COCCNCCNC(=O)C1CC(=O)N(c2ccccc2Br)C1. The molecule has 126 valence electrons. The lowest BCUT2D eigenvalue weighted by molar-refractivity contribution is -0.126. The van der Waals surface area contributed by atoms with Gasteiger partial charge in [0.05, 0.1) is 18.2 Å². The van der Waals surface area contributed by atoms with Crippen LogP contribution in [0.25, 0.3) is 0 Å². The van der Waals surface area contributed by atoms with Crippen LogP contribution in [0.15, 0.2) is 28.7 Å². The van der Waals surface area contributed by atoms with E-state index >= 15 is 0 Å². The zero-order valence-electron chi connectivity index (χ0n) is 13.2. The van der Waals surface area contributed by atoms with Crippen LogP contribution in [-0.4, -0.2) is 51.7 Å². The van der Waals surface area contributed by atoms with Crippen LogP contribution in [0.2, 0.25) is 0 Å². The largest absolute Gasteiger partial charge is 0.383 e. The first-order valence-electron chi connectivity index (χ1n) is 7.65. The summed E-state index contributed by atoms with van der Waals surface area (Å²) in [5.41, 5.74) is 0.814. The van der Waals surface area contributed by atoms with Crippen LogP contribution in [0.3, 0.4) is 0 Å². The van der Waals surface area contributed by atoms with Crippen LogP contribution in [0, 0.1) is 5.92 Å². The van der Waals surface area contributed by atoms with Crippen LogP contribution in [0.5, 0.6) is 0 Å². The first-order chi connectivity index (χ1) is 11.1. The van der Waals surface area contributed by atoms with Crippen molar-refractivity contribution in [2.45, 2.75) is 6.42 Å². The molecule has 2 rings (SSSR count). The molecule has 0 saturated carbocycles. The first kappa shape index (κ1) is 17.9. The molecule has 1 saturated heterocycles. The standard InChI is InChI=1S/C16H22BrN3O3/c1-23-9-8-18-6-7-19-16(22)12-10-15(21)20(11-12)14-5-3-2-4-13(14)17/h2-5,12,18H,6-11H2,1H3,(H,19,22). The molecule has 1 heterocycles. The molecule has 0 spiro atoms. The molecule has 0 aliphatic carbocycles. The molecule has 1 aliphatic rings. The summed E-state index contributed by atoms with van der Waals surface area (Å²) in [6.45, 7) is 3.05. The Hall–Kier alpha value is -1.44. The Balaban J connectivity index is 1.80. The van der Waals surface area contributed by atoms with Crippen molar-refractivity contribution in [3.63, 3.8) is 0 Å². The topological polar surface area (TPSA) is 70.7 Å². The number of para-hydroxylation sites is 1. The average molecular weight is 384 g/mol. The van der Waals surface area contributed by atoms with E-state index in [1.54, 1.807) is 12.0 Å². The van der Waals surface area contributed by atoms with Gasteiger partial charge in [0, 0.05) is 44.2 Å². The van der Waals surface area contributed by atoms with Crippen LogP contribution < -0.4 is 15.5 Å². The quantitative estimate of drug-likeness (QED) is 0.660. The maximum atomic E-state index is 12.2. The molecule has 2 amide bonds. The number of nitrogens with zero attached hydrogens (tertiary/aromatic N) is 1. The second kappa shape index (κ2) is 9.00. The lowest BCUT2D eigenvalue weighted by Crippen LogP contribution is -2.37. The number of rotatable bonds is 8. The van der Waals surface area contributed by atoms with Gasteiger partial charge in [-0.05, 0) is 28.1 Å². The van der Waals surface area contributed by atoms with Crippen LogP contribution >= 0.6 is 15.9 Å². The maximum absolute atomic E-state index is 12.2. The predicted molar refractivity (Wildman–Crippen MR) is 92.4 cm³/mol. The molecule has 6 nitrogen and oxygen atoms in total. The van der Waals surface area contributed by atoms with Gasteiger partial charge in [-0.1, -0.05) is 12.1 Å². The van der Waals surface area contributed by atoms with Gasteiger partial charge in [0.15, 0.2) is 0 Å². The monoisotopic (exact) mass is 383 g/mol. The van der Waals surface area contributed by atoms with Gasteiger partial charge in [0.1, 0.15) is 0 Å². The molecule has 7 heteroatoms. The summed E-state index contributed by atoms with van der Waals surface area (Å²) in [5, 5.41) is 6.04. The van der Waals surface area contributed by atoms with Gasteiger partial charge in [-0.25, -0.2) is 0 Å². The van der Waals surface area contributed by atoms with Gasteiger partial charge < -0.3 is 20.3 Å². The Morgan fingerprint density at radius 1 is 1.35 bits per heavy atom. The van der Waals surface area contributed by atoms with Crippen LogP contribution in [0.1, 0.15) is 6.42 Å². The molecule has 1 aromatic carbocycles. The molecule has 1 fully saturated rings. The van der Waals surface area contributed by atoms with E-state index in [1.807, 2.05) is 24.3 Å². The highest BCUT2D eigenvalue weighted by atomic mass is 79.9. The molecule has 0 radical (unpaired) electrons. The summed E-state index contributed by atoms with van der Waals surface area (Å²) < 4.78 is 5.79. The minimum absolute atomic E-state index is 0.0183. The van der Waals surface area contributed by atoms with Crippen molar-refractivity contribution in [3.8, 4) is 0 Å². The number of amides is 2. The Bertz CT molecular complexity index is 553. The van der Waals surface area contributed by atoms with E-state index in [-0.39, 0.29) is 24.2 Å². The van der Waals surface area contributed by atoms with Gasteiger partial charge >= 0.3 is 0 Å². The summed E-state index contributed by atoms with van der Waals surface area (Å²) in [6, 6.07) is 7.55. The Kier molecular flexibility index (Phi) is 7.01. The fourth-order valence-corrected chi connectivity index (χ4v) is 3.00. The van der Waals surface area contributed by atoms with Crippen molar-refractivity contribution in [2.24, 2.45) is 5.92 Å². The number of methoxy groups -OCH3 is 1. The van der Waals surface area contributed by atoms with Crippen molar-refractivity contribution in [1.82, 2.24) is 10.6 Å². The van der Waals surface area contributed by atoms with Crippen LogP contribution in [0.4, 0.5) is 5.69 Å². The van der Waals surface area contributed by atoms with E-state index in [1.165, 1.54) is 0 Å². The van der Waals surface area contributed by atoms with Crippen molar-refractivity contribution >= 4 is 33.4 Å². The Labute approximate surface area is 144 Å². The van der Waals surface area contributed by atoms with Crippen molar-refractivity contribution in [3.05, 3.63) is 28.7 Å². The van der Waals surface area contributed by atoms with Crippen molar-refractivity contribution in [1.29, 1.82) is 0 Å². The maximum Gasteiger partial charge on any atom is 0.227 e. The van der Waals surface area contributed by atoms with E-state index in [2.05, 4.69) is 26.6 Å². The third kappa shape index (κ3) is 5.02. The number of hydrogen-bond donors (Lipinski definition) is 2. The molecule has 1 atom stereocenters. The molecule has 0 aromatic heterocycles. The number of carbonyl (C=O) groups excluding carboxylic acids is 2. The number of carbonyl (C=O) groups is 2. The van der Waals surface area contributed by atoms with Gasteiger partial charge in [-0.2, -0.15) is 0 Å². The van der Waals surface area contributed by atoms with Gasteiger partial charge in [0.2, 0.25) is 11.8 Å². The van der Waals surface area contributed by atoms with Crippen molar-refractivity contribution < 1.29 is 14.3 Å². The Morgan fingerprint density at radius 2 is 2.13 bits per heavy atom. The molecule has 1 unspecified atom stereocenters. The zero-order valence-corrected chi connectivity index (χ0v) is 14.8. The van der Waals surface area contributed by atoms with E-state index in [4.69, 9.17) is 4.74 Å². The van der Waals surface area contributed by atoms with Crippen molar-refractivity contribution in [2.75, 3.05) is 44.8 Å². The third-order valence-electron chi connectivity index (χ3n) is 3.72. The predicted octanol–water partition coefficient (Wildman–Crippen LogP) is 1.15. The van der Waals surface area contributed by atoms with Gasteiger partial charge in [0.25, 0.3) is 0 Å². The molecule has 2 N–H and O–H groups in total. The lowest BCUT2D eigenvalue weighted by atomic mass is 10.1. The normalized spacial score (nSPS) is 17.6. The highest BCUT2D eigenvalue weighted by Crippen LogP contribution is 2.31. The summed E-state index contributed by atoms with van der Waals surface area (Å²) in [6.07, 6.45) is 0.254. The smallest absolute Gasteiger partial charge is 0.227 e. The molecule has 1 aromatic rings. The number of nitrogens with one attached hydrogen (secondary N) is 2. The van der Waals surface area contributed by atoms with Crippen LogP contribution in [-0.2, 0) is 14.3 Å². The number of hydrogen-bond acceptors (Lipinski definition) is 4. The minimum Gasteiger partial charge on any atom is -0.383 e. The average Bonchev–Trinajstić information content (AvgIpc) is 2.93. The number of halogens is 1. The molecule has 1 aliphatic heterocycles. The summed E-state index contributed by atoms with van der Waals surface area (Å²) in [4.78, 5) is 26.0. The molecular weight excluding hydrogens is 362 g/mol.